The Morgan fingerprint density at radius 1 is 0.955 bits per heavy atom. The van der Waals surface area contributed by atoms with Gasteiger partial charge in [0.05, 0.1) is 5.69 Å². The van der Waals surface area contributed by atoms with Gasteiger partial charge in [0.1, 0.15) is 0 Å². The van der Waals surface area contributed by atoms with Crippen LogP contribution in [0.5, 0.6) is 0 Å². The van der Waals surface area contributed by atoms with Crippen LogP contribution in [0.3, 0.4) is 0 Å². The van der Waals surface area contributed by atoms with Crippen LogP contribution < -0.4 is 4.90 Å². The minimum atomic E-state index is -1.17. The Labute approximate surface area is 128 Å². The van der Waals surface area contributed by atoms with Crippen molar-refractivity contribution in [3.63, 3.8) is 0 Å². The molecular formula is C18H15NO3. The van der Waals surface area contributed by atoms with Crippen LogP contribution in [0, 0.1) is 0 Å². The summed E-state index contributed by atoms with van der Waals surface area (Å²) in [6, 6.07) is 16.3. The number of nitrogens with zero attached hydrogens (tertiary/aromatic N) is 1. The van der Waals surface area contributed by atoms with E-state index < -0.39 is 11.9 Å². The number of hydrogen-bond acceptors (Lipinski definition) is 2. The van der Waals surface area contributed by atoms with Crippen LogP contribution in [0.2, 0.25) is 0 Å². The van der Waals surface area contributed by atoms with Gasteiger partial charge in [-0.2, -0.15) is 0 Å². The molecule has 0 aliphatic rings. The average molecular weight is 293 g/mol. The van der Waals surface area contributed by atoms with E-state index in [2.05, 4.69) is 6.58 Å². The molecule has 22 heavy (non-hydrogen) atoms. The second-order valence-electron chi connectivity index (χ2n) is 4.44. The summed E-state index contributed by atoms with van der Waals surface area (Å²) in [5.74, 6) is -1.61. The molecule has 0 bridgehead atoms. The molecule has 0 aromatic heterocycles. The van der Waals surface area contributed by atoms with E-state index in [1.165, 1.54) is 4.90 Å². The first-order chi connectivity index (χ1) is 10.6. The van der Waals surface area contributed by atoms with E-state index >= 15 is 0 Å². The maximum atomic E-state index is 12.5. The Bertz CT molecular complexity index is 720. The Morgan fingerprint density at radius 3 is 2.23 bits per heavy atom. The number of aliphatic carboxylic acids is 1. The summed E-state index contributed by atoms with van der Waals surface area (Å²) in [4.78, 5) is 24.6. The zero-order chi connectivity index (χ0) is 15.9. The van der Waals surface area contributed by atoms with Crippen LogP contribution in [0.25, 0.3) is 6.08 Å². The van der Waals surface area contributed by atoms with Crippen LogP contribution in [0.1, 0.15) is 5.56 Å². The highest BCUT2D eigenvalue weighted by atomic mass is 16.4. The van der Waals surface area contributed by atoms with Crippen molar-refractivity contribution < 1.29 is 14.7 Å². The van der Waals surface area contributed by atoms with Crippen LogP contribution in [0.15, 0.2) is 73.3 Å². The van der Waals surface area contributed by atoms with Crippen molar-refractivity contribution >= 4 is 29.3 Å². The summed E-state index contributed by atoms with van der Waals surface area (Å²) >= 11 is 0. The number of carboxylic acid groups (broad SMARTS) is 1. The highest BCUT2D eigenvalue weighted by Crippen LogP contribution is 2.29. The average Bonchev–Trinajstić information content (AvgIpc) is 2.54. The number of carbonyl (C=O) groups is 2. The van der Waals surface area contributed by atoms with Crippen molar-refractivity contribution in [3.05, 3.63) is 78.9 Å². The summed E-state index contributed by atoms with van der Waals surface area (Å²) in [5, 5.41) is 8.71. The van der Waals surface area contributed by atoms with Gasteiger partial charge in [-0.3, -0.25) is 9.69 Å². The van der Waals surface area contributed by atoms with Crippen LogP contribution in [0.4, 0.5) is 11.4 Å². The molecule has 4 heteroatoms. The van der Waals surface area contributed by atoms with E-state index in [1.807, 2.05) is 36.4 Å². The minimum absolute atomic E-state index is 0.442. The standard InChI is InChI=1S/C18H15NO3/c1-2-14-8-6-7-11-16(14)19(15-9-4-3-5-10-15)17(20)12-13-18(21)22/h2-13H,1H2,(H,21,22)/b13-12-. The molecule has 4 nitrogen and oxygen atoms in total. The Kier molecular flexibility index (Phi) is 4.88. The van der Waals surface area contributed by atoms with Gasteiger partial charge in [-0.05, 0) is 23.8 Å². The first kappa shape index (κ1) is 15.3. The van der Waals surface area contributed by atoms with E-state index in [0.29, 0.717) is 11.4 Å². The quantitative estimate of drug-likeness (QED) is 0.856. The fraction of sp³-hybridized carbons (Fsp3) is 0. The molecule has 0 atom stereocenters. The lowest BCUT2D eigenvalue weighted by atomic mass is 10.1. The predicted molar refractivity (Wildman–Crippen MR) is 86.9 cm³/mol. The molecule has 2 rings (SSSR count). The van der Waals surface area contributed by atoms with Gasteiger partial charge in [-0.25, -0.2) is 4.79 Å². The van der Waals surface area contributed by atoms with Gasteiger partial charge in [-0.1, -0.05) is 49.1 Å². The highest BCUT2D eigenvalue weighted by Gasteiger charge is 2.17. The van der Waals surface area contributed by atoms with Crippen LogP contribution >= 0.6 is 0 Å². The van der Waals surface area contributed by atoms with Crippen molar-refractivity contribution in [1.29, 1.82) is 0 Å². The lowest BCUT2D eigenvalue weighted by molar-refractivity contribution is -0.131. The Morgan fingerprint density at radius 2 is 1.59 bits per heavy atom. The summed E-state index contributed by atoms with van der Waals surface area (Å²) in [6.45, 7) is 3.75. The number of carboxylic acids is 1. The second kappa shape index (κ2) is 7.04. The molecule has 0 saturated heterocycles. The first-order valence-electron chi connectivity index (χ1n) is 6.65. The molecular weight excluding hydrogens is 278 g/mol. The fourth-order valence-electron chi connectivity index (χ4n) is 2.04. The molecule has 0 spiro atoms. The molecule has 110 valence electrons. The topological polar surface area (TPSA) is 57.6 Å². The third-order valence-electron chi connectivity index (χ3n) is 3.00. The molecule has 1 N–H and O–H groups in total. The van der Waals surface area contributed by atoms with E-state index in [1.54, 1.807) is 24.3 Å². The van der Waals surface area contributed by atoms with Crippen molar-refractivity contribution in [2.75, 3.05) is 4.90 Å². The minimum Gasteiger partial charge on any atom is -0.478 e. The molecule has 0 unspecified atom stereocenters. The van der Waals surface area contributed by atoms with Crippen molar-refractivity contribution in [2.45, 2.75) is 0 Å². The van der Waals surface area contributed by atoms with Crippen LogP contribution in [-0.4, -0.2) is 17.0 Å². The van der Waals surface area contributed by atoms with E-state index in [-0.39, 0.29) is 0 Å². The van der Waals surface area contributed by atoms with Crippen LogP contribution in [-0.2, 0) is 9.59 Å². The summed E-state index contributed by atoms with van der Waals surface area (Å²) < 4.78 is 0. The Hall–Kier alpha value is -3.14. The third kappa shape index (κ3) is 3.49. The molecule has 0 heterocycles. The SMILES string of the molecule is C=Cc1ccccc1N(C(=O)/C=C\C(=O)O)c1ccccc1. The number of anilines is 2. The van der Waals surface area contributed by atoms with E-state index in [0.717, 1.165) is 17.7 Å². The molecule has 0 aliphatic heterocycles. The molecule has 2 aromatic rings. The number of hydrogen-bond donors (Lipinski definition) is 1. The van der Waals surface area contributed by atoms with Gasteiger partial charge in [0.25, 0.3) is 5.91 Å². The maximum absolute atomic E-state index is 12.5. The Balaban J connectivity index is 2.53. The van der Waals surface area contributed by atoms with E-state index in [9.17, 15) is 9.59 Å². The largest absolute Gasteiger partial charge is 0.478 e. The normalized spacial score (nSPS) is 10.4. The summed E-state index contributed by atoms with van der Waals surface area (Å²) in [5.41, 5.74) is 2.07. The smallest absolute Gasteiger partial charge is 0.328 e. The highest BCUT2D eigenvalue weighted by molar-refractivity contribution is 6.09. The number of rotatable bonds is 5. The second-order valence-corrected chi connectivity index (χ2v) is 4.44. The molecule has 0 aliphatic carbocycles. The van der Waals surface area contributed by atoms with Gasteiger partial charge in [0.2, 0.25) is 0 Å². The third-order valence-corrected chi connectivity index (χ3v) is 3.00. The lowest BCUT2D eigenvalue weighted by Gasteiger charge is -2.23. The van der Waals surface area contributed by atoms with Gasteiger partial charge in [0.15, 0.2) is 0 Å². The summed E-state index contributed by atoms with van der Waals surface area (Å²) in [6.07, 6.45) is 3.52. The zero-order valence-corrected chi connectivity index (χ0v) is 11.8. The van der Waals surface area contributed by atoms with Crippen molar-refractivity contribution in [2.24, 2.45) is 0 Å². The van der Waals surface area contributed by atoms with Gasteiger partial charge < -0.3 is 5.11 Å². The molecule has 0 saturated carbocycles. The molecule has 1 amide bonds. The van der Waals surface area contributed by atoms with Crippen molar-refractivity contribution in [3.8, 4) is 0 Å². The molecule has 0 fully saturated rings. The van der Waals surface area contributed by atoms with Crippen molar-refractivity contribution in [1.82, 2.24) is 0 Å². The summed E-state index contributed by atoms with van der Waals surface area (Å²) in [7, 11) is 0. The first-order valence-corrected chi connectivity index (χ1v) is 6.65. The molecule has 0 radical (unpaired) electrons. The van der Waals surface area contributed by atoms with Gasteiger partial charge >= 0.3 is 5.97 Å². The van der Waals surface area contributed by atoms with E-state index in [4.69, 9.17) is 5.11 Å². The van der Waals surface area contributed by atoms with Gasteiger partial charge in [0, 0.05) is 17.8 Å². The van der Waals surface area contributed by atoms with Gasteiger partial charge in [-0.15, -0.1) is 0 Å². The number of amides is 1. The monoisotopic (exact) mass is 293 g/mol. The molecule has 2 aromatic carbocycles. The lowest BCUT2D eigenvalue weighted by Crippen LogP contribution is -2.24. The maximum Gasteiger partial charge on any atom is 0.328 e. The zero-order valence-electron chi connectivity index (χ0n) is 11.8. The number of carbonyl (C=O) groups excluding carboxylic acids is 1. The number of para-hydroxylation sites is 2. The number of benzene rings is 2. The fourth-order valence-corrected chi connectivity index (χ4v) is 2.04. The predicted octanol–water partition coefficient (Wildman–Crippen LogP) is 3.64.